The highest BCUT2D eigenvalue weighted by molar-refractivity contribution is 5.97. The van der Waals surface area contributed by atoms with Gasteiger partial charge < -0.3 is 4.74 Å². The lowest BCUT2D eigenvalue weighted by atomic mass is 10.1. The number of benzene rings is 2. The Morgan fingerprint density at radius 1 is 1.05 bits per heavy atom. The van der Waals surface area contributed by atoms with Gasteiger partial charge in [-0.15, -0.1) is 0 Å². The second-order valence-corrected chi connectivity index (χ2v) is 5.35. The second-order valence-electron chi connectivity index (χ2n) is 5.35. The van der Waals surface area contributed by atoms with E-state index >= 15 is 0 Å². The number of ketones is 1. The summed E-state index contributed by atoms with van der Waals surface area (Å²) in [4.78, 5) is 11.6. The molecule has 0 amide bonds. The van der Waals surface area contributed by atoms with Crippen LogP contribution in [-0.2, 0) is 6.42 Å². The first-order valence-corrected chi connectivity index (χ1v) is 7.45. The minimum absolute atomic E-state index is 0.0537. The monoisotopic (exact) mass is 282 g/mol. The summed E-state index contributed by atoms with van der Waals surface area (Å²) in [5.41, 5.74) is 3.12. The number of unbranched alkanes of at least 4 members (excludes halogenated alkanes) is 1. The molecule has 0 aliphatic rings. The molecule has 110 valence electrons. The third kappa shape index (κ3) is 4.75. The molecule has 2 nitrogen and oxygen atoms in total. The molecule has 2 heteroatoms. The Hall–Kier alpha value is -2.09. The lowest BCUT2D eigenvalue weighted by Crippen LogP contribution is -2.03. The summed E-state index contributed by atoms with van der Waals surface area (Å²) in [6, 6.07) is 16.2. The van der Waals surface area contributed by atoms with Gasteiger partial charge in [-0.25, -0.2) is 0 Å². The first-order valence-electron chi connectivity index (χ1n) is 7.45. The molecule has 0 bridgehead atoms. The molecule has 0 saturated carbocycles. The highest BCUT2D eigenvalue weighted by atomic mass is 16.5. The molecule has 0 radical (unpaired) electrons. The van der Waals surface area contributed by atoms with Crippen molar-refractivity contribution < 1.29 is 9.53 Å². The SMILES string of the molecule is CC(=O)c1cc(C)ccc1OCCCCc1ccccc1. The van der Waals surface area contributed by atoms with Crippen LogP contribution < -0.4 is 4.74 Å². The fourth-order valence-electron chi connectivity index (χ4n) is 2.30. The highest BCUT2D eigenvalue weighted by Gasteiger charge is 2.08. The maximum atomic E-state index is 11.6. The van der Waals surface area contributed by atoms with Crippen LogP contribution in [0.4, 0.5) is 0 Å². The Kier molecular flexibility index (Phi) is 5.56. The zero-order chi connectivity index (χ0) is 15.1. The summed E-state index contributed by atoms with van der Waals surface area (Å²) in [5.74, 6) is 0.755. The molecule has 0 unspecified atom stereocenters. The van der Waals surface area contributed by atoms with Crippen molar-refractivity contribution in [3.63, 3.8) is 0 Å². The lowest BCUT2D eigenvalue weighted by molar-refractivity contribution is 0.101. The number of carbonyl (C=O) groups is 1. The Balaban J connectivity index is 1.80. The van der Waals surface area contributed by atoms with E-state index in [4.69, 9.17) is 4.74 Å². The Bertz CT molecular complexity index is 588. The molecule has 0 aliphatic carbocycles. The number of aryl methyl sites for hydroxylation is 2. The Labute approximate surface area is 126 Å². The molecule has 0 aromatic heterocycles. The third-order valence-corrected chi connectivity index (χ3v) is 3.47. The summed E-state index contributed by atoms with van der Waals surface area (Å²) in [6.45, 7) is 4.21. The van der Waals surface area contributed by atoms with Crippen molar-refractivity contribution in [2.75, 3.05) is 6.61 Å². The first-order chi connectivity index (χ1) is 10.2. The number of rotatable bonds is 7. The summed E-state index contributed by atoms with van der Waals surface area (Å²) in [5, 5.41) is 0. The van der Waals surface area contributed by atoms with Gasteiger partial charge in [-0.3, -0.25) is 4.79 Å². The minimum atomic E-state index is 0.0537. The fourth-order valence-corrected chi connectivity index (χ4v) is 2.30. The van der Waals surface area contributed by atoms with Gasteiger partial charge in [0.1, 0.15) is 5.75 Å². The van der Waals surface area contributed by atoms with E-state index in [1.165, 1.54) is 5.56 Å². The fraction of sp³-hybridized carbons (Fsp3) is 0.316. The van der Waals surface area contributed by atoms with Crippen LogP contribution >= 0.6 is 0 Å². The van der Waals surface area contributed by atoms with Crippen LogP contribution in [0.1, 0.15) is 41.3 Å². The van der Waals surface area contributed by atoms with E-state index < -0.39 is 0 Å². The topological polar surface area (TPSA) is 26.3 Å². The molecule has 21 heavy (non-hydrogen) atoms. The highest BCUT2D eigenvalue weighted by Crippen LogP contribution is 2.21. The van der Waals surface area contributed by atoms with E-state index in [1.807, 2.05) is 31.2 Å². The predicted molar refractivity (Wildman–Crippen MR) is 86.1 cm³/mol. The molecular formula is C19H22O2. The number of hydrogen-bond donors (Lipinski definition) is 0. The molecule has 0 saturated heterocycles. The Morgan fingerprint density at radius 3 is 2.52 bits per heavy atom. The van der Waals surface area contributed by atoms with Crippen LogP contribution in [0, 0.1) is 6.92 Å². The van der Waals surface area contributed by atoms with Gasteiger partial charge in [0.25, 0.3) is 0 Å². The summed E-state index contributed by atoms with van der Waals surface area (Å²) in [6.07, 6.45) is 3.14. The van der Waals surface area contributed by atoms with Crippen molar-refractivity contribution in [1.82, 2.24) is 0 Å². The molecule has 0 fully saturated rings. The van der Waals surface area contributed by atoms with Crippen LogP contribution in [0.3, 0.4) is 0 Å². The Morgan fingerprint density at radius 2 is 1.81 bits per heavy atom. The zero-order valence-electron chi connectivity index (χ0n) is 12.8. The van der Waals surface area contributed by atoms with Crippen molar-refractivity contribution in [2.45, 2.75) is 33.1 Å². The molecule has 2 aromatic carbocycles. The lowest BCUT2D eigenvalue weighted by Gasteiger charge is -2.10. The molecule has 0 atom stereocenters. The van der Waals surface area contributed by atoms with E-state index in [9.17, 15) is 4.79 Å². The van der Waals surface area contributed by atoms with Crippen molar-refractivity contribution >= 4 is 5.78 Å². The number of ether oxygens (including phenoxy) is 1. The predicted octanol–water partition coefficient (Wildman–Crippen LogP) is 4.60. The van der Waals surface area contributed by atoms with Crippen LogP contribution in [0.15, 0.2) is 48.5 Å². The van der Waals surface area contributed by atoms with E-state index in [0.29, 0.717) is 17.9 Å². The van der Waals surface area contributed by atoms with Crippen LogP contribution in [-0.4, -0.2) is 12.4 Å². The molecular weight excluding hydrogens is 260 g/mol. The van der Waals surface area contributed by atoms with E-state index in [2.05, 4.69) is 24.3 Å². The van der Waals surface area contributed by atoms with Gasteiger partial charge in [0.2, 0.25) is 0 Å². The molecule has 0 aliphatic heterocycles. The quantitative estimate of drug-likeness (QED) is 0.548. The average Bonchev–Trinajstić information content (AvgIpc) is 2.49. The van der Waals surface area contributed by atoms with Crippen LogP contribution in [0.2, 0.25) is 0 Å². The summed E-state index contributed by atoms with van der Waals surface area (Å²) in [7, 11) is 0. The van der Waals surface area contributed by atoms with Gasteiger partial charge in [-0.05, 0) is 50.8 Å². The second kappa shape index (κ2) is 7.63. The summed E-state index contributed by atoms with van der Waals surface area (Å²) < 4.78 is 5.77. The molecule has 0 N–H and O–H groups in total. The van der Waals surface area contributed by atoms with Gasteiger partial charge in [0, 0.05) is 0 Å². The van der Waals surface area contributed by atoms with Gasteiger partial charge in [-0.2, -0.15) is 0 Å². The standard InChI is InChI=1S/C19H22O2/c1-15-11-12-19(18(14-15)16(2)20)21-13-7-6-10-17-8-4-3-5-9-17/h3-5,8-9,11-12,14H,6-7,10,13H2,1-2H3. The number of hydrogen-bond acceptors (Lipinski definition) is 2. The largest absolute Gasteiger partial charge is 0.493 e. The zero-order valence-corrected chi connectivity index (χ0v) is 12.8. The molecule has 0 heterocycles. The normalized spacial score (nSPS) is 10.4. The van der Waals surface area contributed by atoms with Gasteiger partial charge in [0.05, 0.1) is 12.2 Å². The molecule has 2 aromatic rings. The van der Waals surface area contributed by atoms with Crippen molar-refractivity contribution in [3.8, 4) is 5.75 Å². The van der Waals surface area contributed by atoms with E-state index in [1.54, 1.807) is 6.92 Å². The van der Waals surface area contributed by atoms with E-state index in [-0.39, 0.29) is 5.78 Å². The average molecular weight is 282 g/mol. The maximum absolute atomic E-state index is 11.6. The number of Topliss-reactive ketones (excluding diaryl/α,β-unsaturated/α-hetero) is 1. The van der Waals surface area contributed by atoms with Gasteiger partial charge in [-0.1, -0.05) is 42.0 Å². The van der Waals surface area contributed by atoms with Crippen LogP contribution in [0.5, 0.6) is 5.75 Å². The molecule has 0 spiro atoms. The van der Waals surface area contributed by atoms with Crippen molar-refractivity contribution in [2.24, 2.45) is 0 Å². The third-order valence-electron chi connectivity index (χ3n) is 3.47. The summed E-state index contributed by atoms with van der Waals surface area (Å²) >= 11 is 0. The molecule has 2 rings (SSSR count). The van der Waals surface area contributed by atoms with Crippen molar-refractivity contribution in [3.05, 3.63) is 65.2 Å². The smallest absolute Gasteiger partial charge is 0.163 e. The minimum Gasteiger partial charge on any atom is -0.493 e. The van der Waals surface area contributed by atoms with Crippen molar-refractivity contribution in [1.29, 1.82) is 0 Å². The van der Waals surface area contributed by atoms with Gasteiger partial charge >= 0.3 is 0 Å². The van der Waals surface area contributed by atoms with E-state index in [0.717, 1.165) is 24.8 Å². The maximum Gasteiger partial charge on any atom is 0.163 e. The number of carbonyl (C=O) groups excluding carboxylic acids is 1. The first kappa shape index (κ1) is 15.3. The van der Waals surface area contributed by atoms with Gasteiger partial charge in [0.15, 0.2) is 5.78 Å². The van der Waals surface area contributed by atoms with Crippen LogP contribution in [0.25, 0.3) is 0 Å².